The molecule has 10 heteroatoms. The first-order chi connectivity index (χ1) is 10.7. The topological polar surface area (TPSA) is 103 Å². The summed E-state index contributed by atoms with van der Waals surface area (Å²) < 4.78 is 3.14. The number of rotatable bonds is 4. The van der Waals surface area contributed by atoms with Crippen LogP contribution >= 0.6 is 11.3 Å². The predicted octanol–water partition coefficient (Wildman–Crippen LogP) is 1.96. The van der Waals surface area contributed by atoms with Gasteiger partial charge in [-0.1, -0.05) is 11.3 Å². The maximum Gasteiger partial charge on any atom is 0.372 e. The van der Waals surface area contributed by atoms with E-state index in [4.69, 9.17) is 0 Å². The highest BCUT2D eigenvalue weighted by atomic mass is 32.1. The summed E-state index contributed by atoms with van der Waals surface area (Å²) in [5.41, 5.74) is 1.56. The molecule has 0 aliphatic carbocycles. The average Bonchev–Trinajstić information content (AvgIpc) is 3.18. The lowest BCUT2D eigenvalue weighted by Gasteiger charge is -2.05. The monoisotopic (exact) mass is 315 g/mol. The van der Waals surface area contributed by atoms with Crippen LogP contribution in [0.1, 0.15) is 5.69 Å². The summed E-state index contributed by atoms with van der Waals surface area (Å²) in [4.78, 5) is 19.8. The summed E-state index contributed by atoms with van der Waals surface area (Å²) in [6.45, 7) is 0.354. The first-order valence-electron chi connectivity index (χ1n) is 6.35. The maximum atomic E-state index is 11.3. The molecule has 0 aliphatic rings. The molecule has 4 aromatic heterocycles. The molecule has 0 saturated carbocycles. The zero-order valence-electron chi connectivity index (χ0n) is 11.1. The number of anilines is 1. The van der Waals surface area contributed by atoms with Gasteiger partial charge in [-0.15, -0.1) is 0 Å². The van der Waals surface area contributed by atoms with Crippen LogP contribution in [0.2, 0.25) is 0 Å². The number of hydrogen-bond donors (Lipinski definition) is 1. The lowest BCUT2D eigenvalue weighted by atomic mass is 10.4. The van der Waals surface area contributed by atoms with Crippen molar-refractivity contribution in [3.63, 3.8) is 0 Å². The van der Waals surface area contributed by atoms with E-state index in [1.54, 1.807) is 40.6 Å². The third-order valence-electron chi connectivity index (χ3n) is 3.22. The lowest BCUT2D eigenvalue weighted by molar-refractivity contribution is -0.389. The van der Waals surface area contributed by atoms with Crippen molar-refractivity contribution in [1.82, 2.24) is 24.0 Å². The van der Waals surface area contributed by atoms with Crippen LogP contribution in [0.15, 0.2) is 36.1 Å². The van der Waals surface area contributed by atoms with Crippen molar-refractivity contribution >= 4 is 33.6 Å². The Labute approximate surface area is 127 Å². The third kappa shape index (κ3) is 1.89. The van der Waals surface area contributed by atoms with Gasteiger partial charge in [0.25, 0.3) is 4.96 Å². The molecule has 0 fully saturated rings. The Morgan fingerprint density at radius 2 is 2.27 bits per heavy atom. The maximum absolute atomic E-state index is 11.3. The molecule has 0 atom stereocenters. The van der Waals surface area contributed by atoms with Gasteiger partial charge in [-0.25, -0.2) is 9.50 Å². The fourth-order valence-electron chi connectivity index (χ4n) is 2.26. The summed E-state index contributed by atoms with van der Waals surface area (Å²) >= 11 is 1.35. The number of aromatic nitrogens is 5. The number of thiazole rings is 1. The molecule has 22 heavy (non-hydrogen) atoms. The molecular formula is C12H9N7O2S. The molecular weight excluding hydrogens is 306 g/mol. The molecule has 4 aromatic rings. The van der Waals surface area contributed by atoms with Crippen molar-refractivity contribution in [3.8, 4) is 0 Å². The van der Waals surface area contributed by atoms with Crippen LogP contribution < -0.4 is 5.32 Å². The van der Waals surface area contributed by atoms with E-state index in [9.17, 15) is 10.1 Å². The molecule has 0 spiro atoms. The van der Waals surface area contributed by atoms with Crippen LogP contribution in [0.3, 0.4) is 0 Å². The normalized spacial score (nSPS) is 11.3. The Kier molecular flexibility index (Phi) is 2.76. The quantitative estimate of drug-likeness (QED) is 0.456. The highest BCUT2D eigenvalue weighted by Crippen LogP contribution is 2.28. The number of imidazole rings is 1. The highest BCUT2D eigenvalue weighted by molar-refractivity contribution is 7.15. The first kappa shape index (κ1) is 12.7. The number of nitrogens with zero attached hydrogens (tertiary/aromatic N) is 6. The van der Waals surface area contributed by atoms with Crippen molar-refractivity contribution in [2.75, 3.05) is 5.32 Å². The van der Waals surface area contributed by atoms with Crippen LogP contribution in [-0.4, -0.2) is 28.9 Å². The molecule has 0 aliphatic heterocycles. The summed E-state index contributed by atoms with van der Waals surface area (Å²) in [5, 5.41) is 20.2. The first-order valence-corrected chi connectivity index (χ1v) is 7.23. The molecule has 0 unspecified atom stereocenters. The summed E-state index contributed by atoms with van der Waals surface area (Å²) in [5.74, 6) is 0.177. The Morgan fingerprint density at radius 1 is 1.36 bits per heavy atom. The van der Waals surface area contributed by atoms with Gasteiger partial charge in [-0.05, 0) is 11.0 Å². The largest absolute Gasteiger partial charge is 0.372 e. The Balaban J connectivity index is 1.69. The minimum Gasteiger partial charge on any atom is -0.358 e. The zero-order chi connectivity index (χ0) is 15.1. The lowest BCUT2D eigenvalue weighted by Crippen LogP contribution is -2.08. The highest BCUT2D eigenvalue weighted by Gasteiger charge is 2.23. The summed E-state index contributed by atoms with van der Waals surface area (Å²) in [6.07, 6.45) is 4.96. The van der Waals surface area contributed by atoms with Crippen molar-refractivity contribution in [2.45, 2.75) is 6.54 Å². The second kappa shape index (κ2) is 4.77. The van der Waals surface area contributed by atoms with E-state index in [2.05, 4.69) is 20.4 Å². The molecule has 1 N–H and O–H groups in total. The minimum atomic E-state index is -0.439. The third-order valence-corrected chi connectivity index (χ3v) is 3.97. The molecule has 0 bridgehead atoms. The fraction of sp³-hybridized carbons (Fsp3) is 0.0833. The number of nitro groups is 1. The van der Waals surface area contributed by atoms with Gasteiger partial charge in [0, 0.05) is 17.6 Å². The Hall–Kier alpha value is -3.01. The molecule has 4 rings (SSSR count). The number of fused-ring (bicyclic) bond motifs is 2. The van der Waals surface area contributed by atoms with Gasteiger partial charge >= 0.3 is 5.82 Å². The van der Waals surface area contributed by atoms with Gasteiger partial charge in [0.1, 0.15) is 6.20 Å². The van der Waals surface area contributed by atoms with Crippen LogP contribution in [0.25, 0.3) is 10.6 Å². The number of nitrogens with one attached hydrogen (secondary N) is 1. The molecule has 4 heterocycles. The van der Waals surface area contributed by atoms with E-state index in [-0.39, 0.29) is 11.6 Å². The van der Waals surface area contributed by atoms with E-state index in [1.165, 1.54) is 15.7 Å². The second-order valence-electron chi connectivity index (χ2n) is 4.49. The Bertz CT molecular complexity index is 986. The molecule has 0 amide bonds. The summed E-state index contributed by atoms with van der Waals surface area (Å²) in [7, 11) is 0. The van der Waals surface area contributed by atoms with Crippen molar-refractivity contribution in [1.29, 1.82) is 0 Å². The van der Waals surface area contributed by atoms with Gasteiger partial charge < -0.3 is 15.4 Å². The van der Waals surface area contributed by atoms with Crippen molar-refractivity contribution in [3.05, 3.63) is 51.9 Å². The SMILES string of the molecule is O=[N+]([O-])c1c(NCc2ccnc3ccnn23)nc2sccn12. The standard InChI is InChI=1S/C12H9N7O2S/c20-19(21)11-10(16-12-17(11)5-6-22-12)14-7-8-1-3-13-9-2-4-15-18(8)9/h1-6,14H,7H2. The molecule has 110 valence electrons. The van der Waals surface area contributed by atoms with Gasteiger partial charge in [0.05, 0.1) is 18.4 Å². The van der Waals surface area contributed by atoms with Crippen LogP contribution in [-0.2, 0) is 6.54 Å². The molecule has 9 nitrogen and oxygen atoms in total. The Morgan fingerprint density at radius 3 is 3.14 bits per heavy atom. The van der Waals surface area contributed by atoms with Crippen molar-refractivity contribution < 1.29 is 4.92 Å². The van der Waals surface area contributed by atoms with Gasteiger partial charge in [-0.2, -0.15) is 14.5 Å². The average molecular weight is 315 g/mol. The van der Waals surface area contributed by atoms with E-state index < -0.39 is 4.92 Å². The van der Waals surface area contributed by atoms with Crippen molar-refractivity contribution in [2.24, 2.45) is 0 Å². The van der Waals surface area contributed by atoms with E-state index in [1.807, 2.05) is 0 Å². The molecule has 0 aromatic carbocycles. The van der Waals surface area contributed by atoms with E-state index >= 15 is 0 Å². The smallest absolute Gasteiger partial charge is 0.358 e. The minimum absolute atomic E-state index is 0.0676. The summed E-state index contributed by atoms with van der Waals surface area (Å²) in [6, 6.07) is 3.59. The van der Waals surface area contributed by atoms with Gasteiger partial charge in [0.2, 0.25) is 5.82 Å². The van der Waals surface area contributed by atoms with Crippen LogP contribution in [0, 0.1) is 10.1 Å². The number of hydrogen-bond acceptors (Lipinski definition) is 7. The van der Waals surface area contributed by atoms with E-state index in [0.29, 0.717) is 11.5 Å². The molecule has 0 saturated heterocycles. The van der Waals surface area contributed by atoms with Gasteiger partial charge in [0.15, 0.2) is 5.65 Å². The molecule has 0 radical (unpaired) electrons. The van der Waals surface area contributed by atoms with Gasteiger partial charge in [-0.3, -0.25) is 0 Å². The van der Waals surface area contributed by atoms with Crippen LogP contribution in [0.4, 0.5) is 11.6 Å². The van der Waals surface area contributed by atoms with E-state index in [0.717, 1.165) is 11.3 Å². The predicted molar refractivity (Wildman–Crippen MR) is 80.0 cm³/mol. The second-order valence-corrected chi connectivity index (χ2v) is 5.36. The fourth-order valence-corrected chi connectivity index (χ4v) is 2.97. The zero-order valence-corrected chi connectivity index (χ0v) is 11.9. The van der Waals surface area contributed by atoms with Crippen LogP contribution in [0.5, 0.6) is 0 Å².